The van der Waals surface area contributed by atoms with E-state index in [-0.39, 0.29) is 5.75 Å². The Morgan fingerprint density at radius 1 is 0.842 bits per heavy atom. The summed E-state index contributed by atoms with van der Waals surface area (Å²) in [4.78, 5) is 0. The van der Waals surface area contributed by atoms with Crippen LogP contribution in [-0.2, 0) is 0 Å². The molecule has 1 heteroatoms. The van der Waals surface area contributed by atoms with Crippen molar-refractivity contribution in [1.29, 1.82) is 0 Å². The number of phenols is 1. The van der Waals surface area contributed by atoms with Gasteiger partial charge in [-0.15, -0.1) is 0 Å². The van der Waals surface area contributed by atoms with E-state index in [1.54, 1.807) is 12.1 Å². The van der Waals surface area contributed by atoms with Gasteiger partial charge in [-0.2, -0.15) is 0 Å². The van der Waals surface area contributed by atoms with Gasteiger partial charge in [-0.25, -0.2) is 0 Å². The minimum atomic E-state index is 0.272. The van der Waals surface area contributed by atoms with E-state index in [2.05, 4.69) is 36.9 Å². The predicted octanol–water partition coefficient (Wildman–Crippen LogP) is 4.86. The lowest BCUT2D eigenvalue weighted by atomic mass is 9.97. The fourth-order valence-electron chi connectivity index (χ4n) is 2.33. The molecule has 1 N–H and O–H groups in total. The molecule has 0 radical (unpaired) electrons. The molecule has 0 spiro atoms. The maximum atomic E-state index is 9.67. The summed E-state index contributed by atoms with van der Waals surface area (Å²) in [6, 6.07) is 19.9. The van der Waals surface area contributed by atoms with Crippen LogP contribution in [-0.4, -0.2) is 5.11 Å². The number of aromatic hydroxyl groups is 1. The summed E-state index contributed by atoms with van der Waals surface area (Å²) >= 11 is 0. The van der Waals surface area contributed by atoms with Crippen LogP contribution in [0.5, 0.6) is 5.75 Å². The third kappa shape index (κ3) is 2.11. The summed E-state index contributed by atoms with van der Waals surface area (Å²) in [6.07, 6.45) is 1.81. The van der Waals surface area contributed by atoms with Crippen LogP contribution in [0.25, 0.3) is 28.0 Å². The highest BCUT2D eigenvalue weighted by Gasteiger charge is 2.05. The van der Waals surface area contributed by atoms with Gasteiger partial charge in [0.05, 0.1) is 0 Å². The standard InChI is InChI=1S/C18H14O/c1-2-13-9-10-17(19)12-18(13)16-8-7-14-5-3-4-6-15(14)11-16/h2-12,19H,1H2. The van der Waals surface area contributed by atoms with Gasteiger partial charge in [-0.1, -0.05) is 55.1 Å². The normalized spacial score (nSPS) is 10.5. The van der Waals surface area contributed by atoms with Crippen molar-refractivity contribution in [1.82, 2.24) is 0 Å². The highest BCUT2D eigenvalue weighted by Crippen LogP contribution is 2.30. The minimum Gasteiger partial charge on any atom is -0.508 e. The first-order valence-electron chi connectivity index (χ1n) is 6.22. The van der Waals surface area contributed by atoms with E-state index in [4.69, 9.17) is 0 Å². The van der Waals surface area contributed by atoms with Gasteiger partial charge in [0.2, 0.25) is 0 Å². The molecule has 0 bridgehead atoms. The largest absolute Gasteiger partial charge is 0.508 e. The van der Waals surface area contributed by atoms with E-state index in [0.717, 1.165) is 16.7 Å². The van der Waals surface area contributed by atoms with Crippen molar-refractivity contribution in [3.05, 3.63) is 72.8 Å². The average Bonchev–Trinajstić information content (AvgIpc) is 2.46. The van der Waals surface area contributed by atoms with Gasteiger partial charge in [0.1, 0.15) is 5.75 Å². The van der Waals surface area contributed by atoms with Gasteiger partial charge < -0.3 is 5.11 Å². The smallest absolute Gasteiger partial charge is 0.116 e. The molecule has 0 amide bonds. The lowest BCUT2D eigenvalue weighted by molar-refractivity contribution is 0.475. The third-order valence-electron chi connectivity index (χ3n) is 3.32. The molecule has 0 atom stereocenters. The van der Waals surface area contributed by atoms with Crippen LogP contribution in [0.3, 0.4) is 0 Å². The predicted molar refractivity (Wildman–Crippen MR) is 81.1 cm³/mol. The molecule has 3 aromatic rings. The van der Waals surface area contributed by atoms with Crippen molar-refractivity contribution in [3.8, 4) is 16.9 Å². The number of phenolic OH excluding ortho intramolecular Hbond substituents is 1. The maximum Gasteiger partial charge on any atom is 0.116 e. The Balaban J connectivity index is 2.24. The SMILES string of the molecule is C=Cc1ccc(O)cc1-c1ccc2ccccc2c1. The Bertz CT molecular complexity index is 756. The molecule has 1 nitrogen and oxygen atoms in total. The van der Waals surface area contributed by atoms with E-state index in [0.29, 0.717) is 0 Å². The zero-order chi connectivity index (χ0) is 13.2. The summed E-state index contributed by atoms with van der Waals surface area (Å²) in [5.41, 5.74) is 3.11. The molecule has 0 saturated heterocycles. The zero-order valence-corrected chi connectivity index (χ0v) is 10.5. The molecule has 0 aliphatic carbocycles. The fraction of sp³-hybridized carbons (Fsp3) is 0. The Morgan fingerprint density at radius 3 is 2.42 bits per heavy atom. The number of rotatable bonds is 2. The molecule has 19 heavy (non-hydrogen) atoms. The van der Waals surface area contributed by atoms with Crippen molar-refractivity contribution in [2.75, 3.05) is 0 Å². The zero-order valence-electron chi connectivity index (χ0n) is 10.5. The van der Waals surface area contributed by atoms with Gasteiger partial charge >= 0.3 is 0 Å². The lowest BCUT2D eigenvalue weighted by Gasteiger charge is -2.08. The molecule has 3 aromatic carbocycles. The molecule has 0 heterocycles. The first kappa shape index (κ1) is 11.5. The summed E-state index contributed by atoms with van der Waals surface area (Å²) in [7, 11) is 0. The first-order valence-corrected chi connectivity index (χ1v) is 6.22. The highest BCUT2D eigenvalue weighted by molar-refractivity contribution is 5.89. The van der Waals surface area contributed by atoms with Crippen LogP contribution in [0.4, 0.5) is 0 Å². The van der Waals surface area contributed by atoms with Crippen molar-refractivity contribution in [2.24, 2.45) is 0 Å². The summed E-state index contributed by atoms with van der Waals surface area (Å²) in [5.74, 6) is 0.272. The second-order valence-corrected chi connectivity index (χ2v) is 4.54. The monoisotopic (exact) mass is 246 g/mol. The lowest BCUT2D eigenvalue weighted by Crippen LogP contribution is -1.83. The van der Waals surface area contributed by atoms with E-state index in [1.165, 1.54) is 10.8 Å². The molecule has 0 aromatic heterocycles. The number of hydrogen-bond donors (Lipinski definition) is 1. The third-order valence-corrected chi connectivity index (χ3v) is 3.32. The van der Waals surface area contributed by atoms with Crippen LogP contribution in [0, 0.1) is 0 Å². The molecule has 92 valence electrons. The van der Waals surface area contributed by atoms with Crippen molar-refractivity contribution in [2.45, 2.75) is 0 Å². The Morgan fingerprint density at radius 2 is 1.63 bits per heavy atom. The van der Waals surface area contributed by atoms with Crippen LogP contribution >= 0.6 is 0 Å². The summed E-state index contributed by atoms with van der Waals surface area (Å²) < 4.78 is 0. The highest BCUT2D eigenvalue weighted by atomic mass is 16.3. The second-order valence-electron chi connectivity index (χ2n) is 4.54. The summed E-state index contributed by atoms with van der Waals surface area (Å²) in [5, 5.41) is 12.1. The topological polar surface area (TPSA) is 20.2 Å². The van der Waals surface area contributed by atoms with Gasteiger partial charge in [0, 0.05) is 0 Å². The Kier molecular flexibility index (Phi) is 2.81. The molecule has 0 unspecified atom stereocenters. The quantitative estimate of drug-likeness (QED) is 0.685. The summed E-state index contributed by atoms with van der Waals surface area (Å²) in [6.45, 7) is 3.83. The number of hydrogen-bond acceptors (Lipinski definition) is 1. The van der Waals surface area contributed by atoms with Crippen LogP contribution in [0.1, 0.15) is 5.56 Å². The molecule has 0 fully saturated rings. The van der Waals surface area contributed by atoms with Crippen LogP contribution < -0.4 is 0 Å². The van der Waals surface area contributed by atoms with Gasteiger partial charge in [-0.05, 0) is 45.7 Å². The van der Waals surface area contributed by atoms with E-state index in [1.807, 2.05) is 24.3 Å². The van der Waals surface area contributed by atoms with Crippen LogP contribution in [0.15, 0.2) is 67.2 Å². The number of fused-ring (bicyclic) bond motifs is 1. The molecule has 0 aliphatic rings. The van der Waals surface area contributed by atoms with Gasteiger partial charge in [-0.3, -0.25) is 0 Å². The molecule has 0 saturated carbocycles. The van der Waals surface area contributed by atoms with Crippen LogP contribution in [0.2, 0.25) is 0 Å². The Hall–Kier alpha value is -2.54. The maximum absolute atomic E-state index is 9.67. The molecular formula is C18H14O. The van der Waals surface area contributed by atoms with Crippen molar-refractivity contribution in [3.63, 3.8) is 0 Å². The fourth-order valence-corrected chi connectivity index (χ4v) is 2.33. The molecular weight excluding hydrogens is 232 g/mol. The molecule has 3 rings (SSSR count). The van der Waals surface area contributed by atoms with E-state index >= 15 is 0 Å². The van der Waals surface area contributed by atoms with Gasteiger partial charge in [0.15, 0.2) is 0 Å². The number of benzene rings is 3. The Labute approximate surface area is 112 Å². The van der Waals surface area contributed by atoms with Crippen molar-refractivity contribution < 1.29 is 5.11 Å². The van der Waals surface area contributed by atoms with E-state index < -0.39 is 0 Å². The average molecular weight is 246 g/mol. The minimum absolute atomic E-state index is 0.272. The van der Waals surface area contributed by atoms with E-state index in [9.17, 15) is 5.11 Å². The second kappa shape index (κ2) is 4.62. The van der Waals surface area contributed by atoms with Gasteiger partial charge in [0.25, 0.3) is 0 Å². The first-order chi connectivity index (χ1) is 9.28. The van der Waals surface area contributed by atoms with Crippen molar-refractivity contribution >= 4 is 16.8 Å². The molecule has 0 aliphatic heterocycles.